The van der Waals surface area contributed by atoms with E-state index in [1.807, 2.05) is 12.1 Å². The van der Waals surface area contributed by atoms with Crippen molar-refractivity contribution in [1.29, 1.82) is 0 Å². The van der Waals surface area contributed by atoms with Crippen molar-refractivity contribution in [2.24, 2.45) is 0 Å². The Kier molecular flexibility index (Phi) is 4.17. The first-order chi connectivity index (χ1) is 9.61. The van der Waals surface area contributed by atoms with Crippen LogP contribution in [0.4, 0.5) is 0 Å². The molecule has 2 aliphatic rings. The maximum absolute atomic E-state index is 6.20. The second-order valence-electron chi connectivity index (χ2n) is 5.62. The Balaban J connectivity index is 1.81. The molecule has 110 valence electrons. The van der Waals surface area contributed by atoms with Gasteiger partial charge in [-0.25, -0.2) is 0 Å². The van der Waals surface area contributed by atoms with Gasteiger partial charge in [-0.2, -0.15) is 0 Å². The van der Waals surface area contributed by atoms with E-state index in [1.165, 1.54) is 0 Å². The number of rotatable bonds is 2. The molecule has 0 saturated carbocycles. The van der Waals surface area contributed by atoms with Crippen molar-refractivity contribution >= 4 is 11.6 Å². The van der Waals surface area contributed by atoms with E-state index >= 15 is 0 Å². The van der Waals surface area contributed by atoms with Gasteiger partial charge in [0.25, 0.3) is 0 Å². The van der Waals surface area contributed by atoms with Crippen LogP contribution in [0.25, 0.3) is 0 Å². The van der Waals surface area contributed by atoms with Crippen molar-refractivity contribution < 1.29 is 14.2 Å². The summed E-state index contributed by atoms with van der Waals surface area (Å²) in [4.78, 5) is 2.39. The van der Waals surface area contributed by atoms with Crippen molar-refractivity contribution in [2.75, 3.05) is 19.9 Å². The summed E-state index contributed by atoms with van der Waals surface area (Å²) < 4.78 is 16.8. The van der Waals surface area contributed by atoms with Crippen LogP contribution in [-0.4, -0.2) is 37.0 Å². The second-order valence-corrected chi connectivity index (χ2v) is 6.05. The molecule has 2 heterocycles. The summed E-state index contributed by atoms with van der Waals surface area (Å²) in [5.41, 5.74) is 2.17. The van der Waals surface area contributed by atoms with Gasteiger partial charge in [0.05, 0.1) is 18.8 Å². The molecule has 0 aliphatic carbocycles. The molecule has 0 amide bonds. The lowest BCUT2D eigenvalue weighted by Crippen LogP contribution is -2.44. The van der Waals surface area contributed by atoms with Gasteiger partial charge in [0, 0.05) is 35.8 Å². The van der Waals surface area contributed by atoms with Crippen LogP contribution in [0.5, 0.6) is 5.75 Å². The smallest absolute Gasteiger partial charge is 0.189 e. The summed E-state index contributed by atoms with van der Waals surface area (Å²) in [5, 5.41) is 0.738. The number of ether oxygens (including phenoxy) is 3. The Hall–Kier alpha value is -0.810. The maximum atomic E-state index is 6.20. The fraction of sp³-hybridized carbons (Fsp3) is 0.600. The molecule has 0 aromatic heterocycles. The predicted molar refractivity (Wildman–Crippen MR) is 77.0 cm³/mol. The highest BCUT2D eigenvalue weighted by molar-refractivity contribution is 6.30. The molecular formula is C15H20ClNO3. The van der Waals surface area contributed by atoms with Crippen molar-refractivity contribution in [1.82, 2.24) is 4.90 Å². The highest BCUT2D eigenvalue weighted by Crippen LogP contribution is 2.32. The molecule has 0 N–H and O–H groups in total. The van der Waals surface area contributed by atoms with Crippen LogP contribution in [0, 0.1) is 0 Å². The molecule has 5 heteroatoms. The van der Waals surface area contributed by atoms with E-state index < -0.39 is 0 Å². The molecule has 1 aromatic rings. The van der Waals surface area contributed by atoms with Crippen LogP contribution < -0.4 is 4.74 Å². The topological polar surface area (TPSA) is 30.9 Å². The summed E-state index contributed by atoms with van der Waals surface area (Å²) >= 11 is 6.20. The first-order valence-corrected chi connectivity index (χ1v) is 7.39. The van der Waals surface area contributed by atoms with E-state index in [2.05, 4.69) is 18.7 Å². The van der Waals surface area contributed by atoms with Gasteiger partial charge in [0.15, 0.2) is 6.79 Å². The standard InChI is InChI=1S/C15H20ClNO3/c1-10-5-17(6-11(2)20-10)7-12-3-14(16)4-13-8-18-9-19-15(12)13/h3-4,10-11H,5-9H2,1-2H3/t10-,11-/m0/s1. The van der Waals surface area contributed by atoms with Crippen molar-refractivity contribution in [3.8, 4) is 5.75 Å². The van der Waals surface area contributed by atoms with Gasteiger partial charge in [0.1, 0.15) is 5.75 Å². The first kappa shape index (κ1) is 14.1. The highest BCUT2D eigenvalue weighted by Gasteiger charge is 2.24. The lowest BCUT2D eigenvalue weighted by molar-refractivity contribution is -0.0711. The minimum Gasteiger partial charge on any atom is -0.467 e. The molecule has 2 aliphatic heterocycles. The van der Waals surface area contributed by atoms with Gasteiger partial charge >= 0.3 is 0 Å². The van der Waals surface area contributed by atoms with Crippen molar-refractivity contribution in [3.05, 3.63) is 28.3 Å². The Labute approximate surface area is 124 Å². The molecule has 1 aromatic carbocycles. The number of nitrogens with zero attached hydrogens (tertiary/aromatic N) is 1. The van der Waals surface area contributed by atoms with E-state index in [4.69, 9.17) is 25.8 Å². The maximum Gasteiger partial charge on any atom is 0.189 e. The van der Waals surface area contributed by atoms with Gasteiger partial charge < -0.3 is 14.2 Å². The van der Waals surface area contributed by atoms with E-state index in [1.54, 1.807) is 0 Å². The minimum atomic E-state index is 0.262. The Morgan fingerprint density at radius 2 is 2.00 bits per heavy atom. The Morgan fingerprint density at radius 3 is 2.75 bits per heavy atom. The summed E-state index contributed by atoms with van der Waals surface area (Å²) in [6, 6.07) is 3.92. The van der Waals surface area contributed by atoms with E-state index in [0.717, 1.165) is 41.5 Å². The molecule has 1 fully saturated rings. The number of hydrogen-bond acceptors (Lipinski definition) is 4. The highest BCUT2D eigenvalue weighted by atomic mass is 35.5. The third kappa shape index (κ3) is 3.09. The fourth-order valence-electron chi connectivity index (χ4n) is 3.03. The molecule has 20 heavy (non-hydrogen) atoms. The minimum absolute atomic E-state index is 0.262. The summed E-state index contributed by atoms with van der Waals surface area (Å²) in [7, 11) is 0. The average molecular weight is 298 g/mol. The average Bonchev–Trinajstić information content (AvgIpc) is 2.37. The third-order valence-electron chi connectivity index (χ3n) is 3.64. The van der Waals surface area contributed by atoms with Gasteiger partial charge in [-0.15, -0.1) is 0 Å². The first-order valence-electron chi connectivity index (χ1n) is 7.01. The zero-order valence-electron chi connectivity index (χ0n) is 11.9. The molecule has 0 spiro atoms. The lowest BCUT2D eigenvalue weighted by atomic mass is 10.1. The SMILES string of the molecule is C[C@H]1CN(Cc2cc(Cl)cc3c2OCOC3)C[C@H](C)O1. The molecule has 0 radical (unpaired) electrons. The summed E-state index contributed by atoms with van der Waals surface area (Å²) in [6.45, 7) is 7.81. The fourth-order valence-corrected chi connectivity index (χ4v) is 3.29. The Bertz CT molecular complexity index is 484. The zero-order chi connectivity index (χ0) is 14.1. The van der Waals surface area contributed by atoms with Crippen LogP contribution in [0.15, 0.2) is 12.1 Å². The van der Waals surface area contributed by atoms with Crippen molar-refractivity contribution in [2.45, 2.75) is 39.2 Å². The largest absolute Gasteiger partial charge is 0.467 e. The van der Waals surface area contributed by atoms with Crippen LogP contribution in [0.3, 0.4) is 0 Å². The van der Waals surface area contributed by atoms with Gasteiger partial charge in [0.2, 0.25) is 0 Å². The van der Waals surface area contributed by atoms with Crippen LogP contribution in [0.2, 0.25) is 5.02 Å². The molecule has 0 bridgehead atoms. The number of morpholine rings is 1. The van der Waals surface area contributed by atoms with Gasteiger partial charge in [-0.1, -0.05) is 11.6 Å². The molecule has 3 rings (SSSR count). The molecular weight excluding hydrogens is 278 g/mol. The Morgan fingerprint density at radius 1 is 1.25 bits per heavy atom. The van der Waals surface area contributed by atoms with Gasteiger partial charge in [-0.3, -0.25) is 4.90 Å². The van der Waals surface area contributed by atoms with E-state index in [-0.39, 0.29) is 12.2 Å². The van der Waals surface area contributed by atoms with Crippen LogP contribution in [-0.2, 0) is 22.6 Å². The zero-order valence-corrected chi connectivity index (χ0v) is 12.7. The number of halogens is 1. The quantitative estimate of drug-likeness (QED) is 0.840. The number of benzene rings is 1. The number of hydrogen-bond donors (Lipinski definition) is 0. The number of fused-ring (bicyclic) bond motifs is 1. The van der Waals surface area contributed by atoms with Crippen molar-refractivity contribution in [3.63, 3.8) is 0 Å². The van der Waals surface area contributed by atoms with E-state index in [0.29, 0.717) is 13.4 Å². The van der Waals surface area contributed by atoms with Gasteiger partial charge in [-0.05, 0) is 26.0 Å². The predicted octanol–water partition coefficient (Wildman–Crippen LogP) is 2.82. The third-order valence-corrected chi connectivity index (χ3v) is 3.86. The lowest BCUT2D eigenvalue weighted by Gasteiger charge is -2.35. The molecule has 2 atom stereocenters. The van der Waals surface area contributed by atoms with Crippen LogP contribution >= 0.6 is 11.6 Å². The second kappa shape index (κ2) is 5.90. The monoisotopic (exact) mass is 297 g/mol. The van der Waals surface area contributed by atoms with E-state index in [9.17, 15) is 0 Å². The molecule has 4 nitrogen and oxygen atoms in total. The summed E-state index contributed by atoms with van der Waals surface area (Å²) in [5.74, 6) is 0.937. The normalized spacial score (nSPS) is 26.9. The molecule has 0 unspecified atom stereocenters. The molecule has 1 saturated heterocycles. The van der Waals surface area contributed by atoms with Crippen LogP contribution in [0.1, 0.15) is 25.0 Å². The summed E-state index contributed by atoms with van der Waals surface area (Å²) in [6.07, 6.45) is 0.524.